The minimum absolute atomic E-state index is 0.189. The van der Waals surface area contributed by atoms with E-state index >= 15 is 0 Å². The SMILES string of the molecule is CCCC(F)CCN1CC(F)(F)C1. The molecule has 0 saturated carbocycles. The van der Waals surface area contributed by atoms with Crippen LogP contribution in [0.25, 0.3) is 0 Å². The van der Waals surface area contributed by atoms with E-state index in [1.807, 2.05) is 6.92 Å². The molecule has 1 heterocycles. The highest BCUT2D eigenvalue weighted by Crippen LogP contribution is 2.26. The van der Waals surface area contributed by atoms with Crippen molar-refractivity contribution >= 4 is 0 Å². The maximum Gasteiger partial charge on any atom is 0.272 e. The quantitative estimate of drug-likeness (QED) is 0.651. The van der Waals surface area contributed by atoms with Gasteiger partial charge >= 0.3 is 0 Å². The Morgan fingerprint density at radius 1 is 1.31 bits per heavy atom. The normalized spacial score (nSPS) is 24.0. The first-order valence-corrected chi connectivity index (χ1v) is 4.78. The predicted octanol–water partition coefficient (Wildman–Crippen LogP) is 2.47. The molecule has 1 atom stereocenters. The zero-order valence-corrected chi connectivity index (χ0v) is 7.90. The summed E-state index contributed by atoms with van der Waals surface area (Å²) in [5.74, 6) is -2.52. The molecule has 0 aromatic rings. The first-order valence-electron chi connectivity index (χ1n) is 4.78. The Hall–Kier alpha value is -0.250. The van der Waals surface area contributed by atoms with Crippen molar-refractivity contribution in [1.29, 1.82) is 0 Å². The third-order valence-corrected chi connectivity index (χ3v) is 2.27. The first-order chi connectivity index (χ1) is 6.03. The summed E-state index contributed by atoms with van der Waals surface area (Å²) in [6, 6.07) is 0. The molecule has 0 N–H and O–H groups in total. The molecule has 78 valence electrons. The molecule has 1 nitrogen and oxygen atoms in total. The third kappa shape index (κ3) is 3.55. The van der Waals surface area contributed by atoms with Gasteiger partial charge in [0, 0.05) is 6.54 Å². The average molecular weight is 195 g/mol. The van der Waals surface area contributed by atoms with Gasteiger partial charge in [0.05, 0.1) is 13.1 Å². The number of rotatable bonds is 5. The van der Waals surface area contributed by atoms with Gasteiger partial charge in [0.1, 0.15) is 6.17 Å². The van der Waals surface area contributed by atoms with Crippen molar-refractivity contribution in [3.8, 4) is 0 Å². The lowest BCUT2D eigenvalue weighted by Crippen LogP contribution is -2.56. The maximum absolute atomic E-state index is 12.9. The molecule has 0 bridgehead atoms. The van der Waals surface area contributed by atoms with Crippen molar-refractivity contribution in [3.63, 3.8) is 0 Å². The molecule has 0 radical (unpaired) electrons. The first kappa shape index (κ1) is 10.8. The zero-order valence-electron chi connectivity index (χ0n) is 7.90. The van der Waals surface area contributed by atoms with Crippen LogP contribution in [0, 0.1) is 0 Å². The summed E-state index contributed by atoms with van der Waals surface area (Å²) >= 11 is 0. The highest BCUT2D eigenvalue weighted by molar-refractivity contribution is 4.86. The van der Waals surface area contributed by atoms with Gasteiger partial charge in [0.15, 0.2) is 0 Å². The standard InChI is InChI=1S/C9H16F3N/c1-2-3-8(10)4-5-13-6-9(11,12)7-13/h8H,2-7H2,1H3. The number of halogens is 3. The Labute approximate surface area is 76.9 Å². The second-order valence-electron chi connectivity index (χ2n) is 3.74. The van der Waals surface area contributed by atoms with Crippen LogP contribution in [0.4, 0.5) is 13.2 Å². The molecular weight excluding hydrogens is 179 g/mol. The summed E-state index contributed by atoms with van der Waals surface area (Å²) in [7, 11) is 0. The van der Waals surface area contributed by atoms with Crippen molar-refractivity contribution in [2.45, 2.75) is 38.3 Å². The molecule has 0 spiro atoms. The van der Waals surface area contributed by atoms with Crippen LogP contribution in [0.15, 0.2) is 0 Å². The predicted molar refractivity (Wildman–Crippen MR) is 45.8 cm³/mol. The fraction of sp³-hybridized carbons (Fsp3) is 1.00. The molecule has 1 unspecified atom stereocenters. The van der Waals surface area contributed by atoms with Crippen molar-refractivity contribution in [3.05, 3.63) is 0 Å². The monoisotopic (exact) mass is 195 g/mol. The van der Waals surface area contributed by atoms with Crippen LogP contribution < -0.4 is 0 Å². The van der Waals surface area contributed by atoms with E-state index in [4.69, 9.17) is 0 Å². The highest BCUT2D eigenvalue weighted by Gasteiger charge is 2.43. The minimum Gasteiger partial charge on any atom is -0.291 e. The summed E-state index contributed by atoms with van der Waals surface area (Å²) < 4.78 is 37.6. The third-order valence-electron chi connectivity index (χ3n) is 2.27. The fourth-order valence-electron chi connectivity index (χ4n) is 1.55. The summed E-state index contributed by atoms with van der Waals surface area (Å²) in [6.07, 6.45) is 0.935. The van der Waals surface area contributed by atoms with E-state index in [1.54, 1.807) is 4.90 Å². The van der Waals surface area contributed by atoms with Gasteiger partial charge in [0.25, 0.3) is 5.92 Å². The molecule has 0 aromatic heterocycles. The Morgan fingerprint density at radius 2 is 1.92 bits per heavy atom. The van der Waals surface area contributed by atoms with Gasteiger partial charge in [0.2, 0.25) is 0 Å². The van der Waals surface area contributed by atoms with Crippen molar-refractivity contribution in [2.75, 3.05) is 19.6 Å². The van der Waals surface area contributed by atoms with E-state index in [0.29, 0.717) is 19.4 Å². The largest absolute Gasteiger partial charge is 0.291 e. The van der Waals surface area contributed by atoms with Crippen LogP contribution in [0.2, 0.25) is 0 Å². The van der Waals surface area contributed by atoms with Crippen LogP contribution in [-0.4, -0.2) is 36.6 Å². The molecule has 0 amide bonds. The van der Waals surface area contributed by atoms with E-state index in [9.17, 15) is 13.2 Å². The topological polar surface area (TPSA) is 3.24 Å². The van der Waals surface area contributed by atoms with Crippen LogP contribution in [0.3, 0.4) is 0 Å². The fourth-order valence-corrected chi connectivity index (χ4v) is 1.55. The molecule has 0 aromatic carbocycles. The smallest absolute Gasteiger partial charge is 0.272 e. The van der Waals surface area contributed by atoms with Gasteiger partial charge in [-0.2, -0.15) is 0 Å². The highest BCUT2D eigenvalue weighted by atomic mass is 19.3. The molecule has 1 fully saturated rings. The van der Waals surface area contributed by atoms with Gasteiger partial charge in [-0.25, -0.2) is 13.2 Å². The molecular formula is C9H16F3N. The van der Waals surface area contributed by atoms with Crippen molar-refractivity contribution < 1.29 is 13.2 Å². The molecule has 4 heteroatoms. The Kier molecular flexibility index (Phi) is 3.59. The maximum atomic E-state index is 12.9. The number of alkyl halides is 3. The van der Waals surface area contributed by atoms with Crippen molar-refractivity contribution in [2.24, 2.45) is 0 Å². The average Bonchev–Trinajstić information content (AvgIpc) is 1.97. The second kappa shape index (κ2) is 4.31. The van der Waals surface area contributed by atoms with Crippen LogP contribution in [0.5, 0.6) is 0 Å². The van der Waals surface area contributed by atoms with Gasteiger partial charge in [-0.05, 0) is 12.8 Å². The number of likely N-dealkylation sites (tertiary alicyclic amines) is 1. The van der Waals surface area contributed by atoms with E-state index < -0.39 is 12.1 Å². The lowest BCUT2D eigenvalue weighted by molar-refractivity contribution is -0.131. The Balaban J connectivity index is 2.02. The van der Waals surface area contributed by atoms with Crippen molar-refractivity contribution in [1.82, 2.24) is 4.90 Å². The summed E-state index contributed by atoms with van der Waals surface area (Å²) in [5, 5.41) is 0. The van der Waals surface area contributed by atoms with Gasteiger partial charge in [-0.3, -0.25) is 4.90 Å². The van der Waals surface area contributed by atoms with Crippen LogP contribution >= 0.6 is 0 Å². The summed E-state index contributed by atoms with van der Waals surface area (Å²) in [6.45, 7) is 2.01. The van der Waals surface area contributed by atoms with E-state index in [1.165, 1.54) is 0 Å². The number of hydrogen-bond donors (Lipinski definition) is 0. The van der Waals surface area contributed by atoms with E-state index in [0.717, 1.165) is 6.42 Å². The lowest BCUT2D eigenvalue weighted by Gasteiger charge is -2.38. The van der Waals surface area contributed by atoms with Gasteiger partial charge < -0.3 is 0 Å². The summed E-state index contributed by atoms with van der Waals surface area (Å²) in [4.78, 5) is 1.60. The minimum atomic E-state index is -2.52. The summed E-state index contributed by atoms with van der Waals surface area (Å²) in [5.41, 5.74) is 0. The van der Waals surface area contributed by atoms with E-state index in [-0.39, 0.29) is 13.1 Å². The van der Waals surface area contributed by atoms with Gasteiger partial charge in [-0.15, -0.1) is 0 Å². The van der Waals surface area contributed by atoms with E-state index in [2.05, 4.69) is 0 Å². The van der Waals surface area contributed by atoms with Crippen LogP contribution in [0.1, 0.15) is 26.2 Å². The molecule has 1 saturated heterocycles. The Morgan fingerprint density at radius 3 is 2.38 bits per heavy atom. The zero-order chi connectivity index (χ0) is 9.90. The molecule has 1 rings (SSSR count). The number of nitrogens with zero attached hydrogens (tertiary/aromatic N) is 1. The van der Waals surface area contributed by atoms with Crippen LogP contribution in [-0.2, 0) is 0 Å². The molecule has 1 aliphatic heterocycles. The lowest BCUT2D eigenvalue weighted by atomic mass is 10.1. The van der Waals surface area contributed by atoms with Gasteiger partial charge in [-0.1, -0.05) is 13.3 Å². The Bertz CT molecular complexity index is 153. The number of hydrogen-bond acceptors (Lipinski definition) is 1. The second-order valence-corrected chi connectivity index (χ2v) is 3.74. The molecule has 13 heavy (non-hydrogen) atoms. The molecule has 0 aliphatic carbocycles. The molecule has 1 aliphatic rings.